The summed E-state index contributed by atoms with van der Waals surface area (Å²) in [7, 11) is 0. The lowest BCUT2D eigenvalue weighted by Gasteiger charge is -2.42. The molecule has 0 aromatic carbocycles. The molecule has 3 rings (SSSR count). The third-order valence-corrected chi connectivity index (χ3v) is 3.92. The lowest BCUT2D eigenvalue weighted by atomic mass is 10.2. The zero-order valence-electron chi connectivity index (χ0n) is 11.2. The van der Waals surface area contributed by atoms with E-state index >= 15 is 0 Å². The first-order valence-electron chi connectivity index (χ1n) is 7.02. The fourth-order valence-corrected chi connectivity index (χ4v) is 2.56. The van der Waals surface area contributed by atoms with E-state index in [2.05, 4.69) is 26.9 Å². The van der Waals surface area contributed by atoms with Gasteiger partial charge in [-0.2, -0.15) is 0 Å². The summed E-state index contributed by atoms with van der Waals surface area (Å²) in [4.78, 5) is 9.09. The maximum Gasteiger partial charge on any atom is 0.0645 e. The lowest BCUT2D eigenvalue weighted by molar-refractivity contribution is -0.0761. The molecule has 0 atom stereocenters. The first-order valence-corrected chi connectivity index (χ1v) is 7.02. The Morgan fingerprint density at radius 2 is 1.89 bits per heavy atom. The van der Waals surface area contributed by atoms with E-state index in [1.54, 1.807) is 0 Å². The fraction of sp³-hybridized carbons (Fsp3) is 0.533. The maximum atomic E-state index is 5.26. The van der Waals surface area contributed by atoms with Crippen LogP contribution in [0.15, 0.2) is 30.6 Å². The summed E-state index contributed by atoms with van der Waals surface area (Å²) in [6, 6.07) is 4.75. The van der Waals surface area contributed by atoms with Gasteiger partial charge in [-0.05, 0) is 17.7 Å². The minimum Gasteiger partial charge on any atom is -0.378 e. The van der Waals surface area contributed by atoms with E-state index in [0.29, 0.717) is 6.04 Å². The summed E-state index contributed by atoms with van der Waals surface area (Å²) in [5, 5.41) is 0. The first-order chi connectivity index (χ1) is 9.42. The summed E-state index contributed by atoms with van der Waals surface area (Å²) in [5.41, 5.74) is 1.22. The summed E-state index contributed by atoms with van der Waals surface area (Å²) in [6.45, 7) is 7.59. The number of piperazine rings is 1. The summed E-state index contributed by atoms with van der Waals surface area (Å²) in [5.74, 6) is 0. The van der Waals surface area contributed by atoms with Crippen molar-refractivity contribution in [1.29, 1.82) is 0 Å². The fourth-order valence-electron chi connectivity index (χ4n) is 2.56. The number of ether oxygens (including phenoxy) is 1. The molecule has 4 nitrogen and oxygen atoms in total. The number of pyridine rings is 1. The maximum absolute atomic E-state index is 5.26. The monoisotopic (exact) mass is 259 g/mol. The normalized spacial score (nSPS) is 22.7. The standard InChI is InChI=1S/C15H21N3O/c1(2-14-3-5-16-6-4-14)7-17-8-10-18(11-9-17)15-12-19-13-15/h1-6,15H,7-13H2/b2-1+. The molecule has 2 fully saturated rings. The van der Waals surface area contributed by atoms with Gasteiger partial charge >= 0.3 is 0 Å². The molecule has 3 heterocycles. The Morgan fingerprint density at radius 1 is 1.16 bits per heavy atom. The molecule has 0 bridgehead atoms. The molecule has 0 N–H and O–H groups in total. The predicted molar refractivity (Wildman–Crippen MR) is 75.9 cm³/mol. The van der Waals surface area contributed by atoms with Crippen molar-refractivity contribution >= 4 is 6.08 Å². The van der Waals surface area contributed by atoms with Crippen molar-refractivity contribution in [2.75, 3.05) is 45.9 Å². The van der Waals surface area contributed by atoms with E-state index < -0.39 is 0 Å². The van der Waals surface area contributed by atoms with Gasteiger partial charge in [-0.15, -0.1) is 0 Å². The van der Waals surface area contributed by atoms with E-state index in [-0.39, 0.29) is 0 Å². The molecular formula is C15H21N3O. The largest absolute Gasteiger partial charge is 0.378 e. The first kappa shape index (κ1) is 12.8. The second-order valence-corrected chi connectivity index (χ2v) is 5.21. The number of nitrogens with zero attached hydrogens (tertiary/aromatic N) is 3. The van der Waals surface area contributed by atoms with Crippen molar-refractivity contribution < 1.29 is 4.74 Å². The van der Waals surface area contributed by atoms with Gasteiger partial charge < -0.3 is 4.74 Å². The van der Waals surface area contributed by atoms with Crippen LogP contribution in [0.3, 0.4) is 0 Å². The molecule has 2 aliphatic heterocycles. The quantitative estimate of drug-likeness (QED) is 0.810. The highest BCUT2D eigenvalue weighted by Gasteiger charge is 2.28. The molecule has 1 aromatic heterocycles. The van der Waals surface area contributed by atoms with Gasteiger partial charge in [0.05, 0.1) is 19.3 Å². The molecule has 102 valence electrons. The third kappa shape index (κ3) is 3.41. The van der Waals surface area contributed by atoms with E-state index in [0.717, 1.165) is 32.8 Å². The van der Waals surface area contributed by atoms with E-state index in [9.17, 15) is 0 Å². The van der Waals surface area contributed by atoms with Gasteiger partial charge in [-0.1, -0.05) is 12.2 Å². The highest BCUT2D eigenvalue weighted by Crippen LogP contribution is 2.13. The molecule has 4 heteroatoms. The summed E-state index contributed by atoms with van der Waals surface area (Å²) >= 11 is 0. The van der Waals surface area contributed by atoms with Crippen LogP contribution in [-0.2, 0) is 4.74 Å². The minimum atomic E-state index is 0.689. The molecular weight excluding hydrogens is 238 g/mol. The Kier molecular flexibility index (Phi) is 4.23. The van der Waals surface area contributed by atoms with Crippen LogP contribution in [0.4, 0.5) is 0 Å². The van der Waals surface area contributed by atoms with Gasteiger partial charge in [0.15, 0.2) is 0 Å². The zero-order chi connectivity index (χ0) is 12.9. The second kappa shape index (κ2) is 6.28. The van der Waals surface area contributed by atoms with Crippen molar-refractivity contribution in [3.8, 4) is 0 Å². The van der Waals surface area contributed by atoms with Gasteiger partial charge in [0.2, 0.25) is 0 Å². The molecule has 0 spiro atoms. The van der Waals surface area contributed by atoms with Crippen LogP contribution in [0, 0.1) is 0 Å². The van der Waals surface area contributed by atoms with Crippen LogP contribution in [0.5, 0.6) is 0 Å². The molecule has 0 aliphatic carbocycles. The number of hydrogen-bond acceptors (Lipinski definition) is 4. The molecule has 0 saturated carbocycles. The molecule has 19 heavy (non-hydrogen) atoms. The van der Waals surface area contributed by atoms with Crippen LogP contribution in [0.25, 0.3) is 6.08 Å². The number of hydrogen-bond donors (Lipinski definition) is 0. The zero-order valence-corrected chi connectivity index (χ0v) is 11.2. The van der Waals surface area contributed by atoms with Crippen molar-refractivity contribution in [2.24, 2.45) is 0 Å². The van der Waals surface area contributed by atoms with Crippen LogP contribution in [0.1, 0.15) is 5.56 Å². The van der Waals surface area contributed by atoms with Crippen LogP contribution < -0.4 is 0 Å². The Labute approximate surface area is 114 Å². The van der Waals surface area contributed by atoms with E-state index in [4.69, 9.17) is 4.74 Å². The summed E-state index contributed by atoms with van der Waals surface area (Å²) in [6.07, 6.45) is 8.09. The van der Waals surface area contributed by atoms with Crippen molar-refractivity contribution in [1.82, 2.24) is 14.8 Å². The summed E-state index contributed by atoms with van der Waals surface area (Å²) < 4.78 is 5.26. The number of rotatable bonds is 4. The Morgan fingerprint density at radius 3 is 2.53 bits per heavy atom. The number of aromatic nitrogens is 1. The second-order valence-electron chi connectivity index (χ2n) is 5.21. The van der Waals surface area contributed by atoms with Crippen molar-refractivity contribution in [2.45, 2.75) is 6.04 Å². The molecule has 0 unspecified atom stereocenters. The van der Waals surface area contributed by atoms with Crippen LogP contribution >= 0.6 is 0 Å². The van der Waals surface area contributed by atoms with E-state index in [1.807, 2.05) is 24.5 Å². The topological polar surface area (TPSA) is 28.6 Å². The molecule has 0 radical (unpaired) electrons. The van der Waals surface area contributed by atoms with Crippen molar-refractivity contribution in [3.05, 3.63) is 36.2 Å². The Hall–Kier alpha value is -1.23. The van der Waals surface area contributed by atoms with Crippen molar-refractivity contribution in [3.63, 3.8) is 0 Å². The molecule has 2 aliphatic rings. The average molecular weight is 259 g/mol. The van der Waals surface area contributed by atoms with Gasteiger partial charge in [0.1, 0.15) is 0 Å². The van der Waals surface area contributed by atoms with Crippen LogP contribution in [-0.4, -0.2) is 66.8 Å². The SMILES string of the molecule is C(=C\c1ccncc1)/CN1CCN(C2COC2)CC1. The smallest absolute Gasteiger partial charge is 0.0645 e. The molecule has 0 amide bonds. The average Bonchev–Trinajstić information content (AvgIpc) is 2.40. The molecule has 2 saturated heterocycles. The highest BCUT2D eigenvalue weighted by atomic mass is 16.5. The molecule has 1 aromatic rings. The predicted octanol–water partition coefficient (Wildman–Crippen LogP) is 1.11. The van der Waals surface area contributed by atoms with Gasteiger partial charge in [-0.3, -0.25) is 14.8 Å². The van der Waals surface area contributed by atoms with Gasteiger partial charge in [-0.25, -0.2) is 0 Å². The van der Waals surface area contributed by atoms with Gasteiger partial charge in [0.25, 0.3) is 0 Å². The Balaban J connectivity index is 1.41. The van der Waals surface area contributed by atoms with E-state index in [1.165, 1.54) is 18.7 Å². The van der Waals surface area contributed by atoms with Gasteiger partial charge in [0, 0.05) is 45.1 Å². The minimum absolute atomic E-state index is 0.689. The Bertz CT molecular complexity index is 409. The highest BCUT2D eigenvalue weighted by molar-refractivity contribution is 5.47. The van der Waals surface area contributed by atoms with Crippen LogP contribution in [0.2, 0.25) is 0 Å². The lowest BCUT2D eigenvalue weighted by Crippen LogP contribution is -2.56. The third-order valence-electron chi connectivity index (χ3n) is 3.92.